The van der Waals surface area contributed by atoms with E-state index in [2.05, 4.69) is 37.2 Å². The van der Waals surface area contributed by atoms with Gasteiger partial charge in [0.15, 0.2) is 0 Å². The van der Waals surface area contributed by atoms with E-state index in [1.165, 1.54) is 38.5 Å². The topological polar surface area (TPSA) is 83.2 Å². The van der Waals surface area contributed by atoms with Crippen molar-refractivity contribution in [2.75, 3.05) is 41.9 Å². The molecule has 3 N–H and O–H groups in total. The maximum atomic E-state index is 5.51. The van der Waals surface area contributed by atoms with Gasteiger partial charge in [0.05, 0.1) is 0 Å². The number of nitrogens with two attached hydrogens (primary N) is 1. The minimum atomic E-state index is 0.445. The van der Waals surface area contributed by atoms with Crippen molar-refractivity contribution >= 4 is 17.8 Å². The summed E-state index contributed by atoms with van der Waals surface area (Å²) in [5, 5.41) is 0. The van der Waals surface area contributed by atoms with Crippen molar-refractivity contribution in [1.29, 1.82) is 0 Å². The first kappa shape index (κ1) is 14.3. The Kier molecular flexibility index (Phi) is 4.38. The Hall–Kier alpha value is -1.63. The number of nitrogens with zero attached hydrogens (tertiary/aromatic N) is 5. The van der Waals surface area contributed by atoms with Crippen molar-refractivity contribution in [3.8, 4) is 0 Å². The standard InChI is InChI=1S/C14H25N7/c1-20(10-11-6-2-3-7-11)13-16-12(19-15)17-14(18-13)21-8-4-5-9-21/h11H,2-10,15H2,1H3,(H,16,17,18,19). The summed E-state index contributed by atoms with van der Waals surface area (Å²) in [6, 6.07) is 0. The lowest BCUT2D eigenvalue weighted by atomic mass is 10.1. The predicted octanol–water partition coefficient (Wildman–Crippen LogP) is 1.38. The van der Waals surface area contributed by atoms with E-state index in [9.17, 15) is 0 Å². The van der Waals surface area contributed by atoms with E-state index in [1.807, 2.05) is 0 Å². The molecule has 2 heterocycles. The number of hydrogen-bond donors (Lipinski definition) is 2. The highest BCUT2D eigenvalue weighted by molar-refractivity contribution is 5.44. The van der Waals surface area contributed by atoms with E-state index in [0.717, 1.165) is 31.5 Å². The fourth-order valence-corrected chi connectivity index (χ4v) is 3.31. The number of hydrogen-bond acceptors (Lipinski definition) is 7. The molecule has 1 aliphatic carbocycles. The van der Waals surface area contributed by atoms with Crippen LogP contribution in [0.15, 0.2) is 0 Å². The lowest BCUT2D eigenvalue weighted by molar-refractivity contribution is 0.542. The van der Waals surface area contributed by atoms with Crippen molar-refractivity contribution < 1.29 is 0 Å². The summed E-state index contributed by atoms with van der Waals surface area (Å²) in [7, 11) is 2.06. The Morgan fingerprint density at radius 1 is 1.14 bits per heavy atom. The normalized spacial score (nSPS) is 19.2. The smallest absolute Gasteiger partial charge is 0.243 e. The minimum Gasteiger partial charge on any atom is -0.343 e. The molecule has 21 heavy (non-hydrogen) atoms. The molecule has 0 bridgehead atoms. The second kappa shape index (κ2) is 6.43. The molecule has 0 aromatic carbocycles. The van der Waals surface area contributed by atoms with Gasteiger partial charge in [-0.25, -0.2) is 5.84 Å². The third-order valence-corrected chi connectivity index (χ3v) is 4.48. The van der Waals surface area contributed by atoms with Gasteiger partial charge < -0.3 is 9.80 Å². The molecule has 1 aromatic rings. The van der Waals surface area contributed by atoms with Crippen LogP contribution >= 0.6 is 0 Å². The molecular weight excluding hydrogens is 266 g/mol. The molecule has 0 unspecified atom stereocenters. The minimum absolute atomic E-state index is 0.445. The first-order valence-electron chi connectivity index (χ1n) is 7.95. The molecule has 1 saturated carbocycles. The van der Waals surface area contributed by atoms with Crippen LogP contribution in [0.2, 0.25) is 0 Å². The van der Waals surface area contributed by atoms with Crippen molar-refractivity contribution in [3.63, 3.8) is 0 Å². The van der Waals surface area contributed by atoms with E-state index in [0.29, 0.717) is 11.9 Å². The van der Waals surface area contributed by atoms with Gasteiger partial charge in [-0.15, -0.1) is 0 Å². The molecule has 2 fully saturated rings. The van der Waals surface area contributed by atoms with E-state index >= 15 is 0 Å². The molecule has 116 valence electrons. The maximum absolute atomic E-state index is 5.51. The summed E-state index contributed by atoms with van der Waals surface area (Å²) >= 11 is 0. The van der Waals surface area contributed by atoms with Crippen molar-refractivity contribution in [3.05, 3.63) is 0 Å². The Labute approximate surface area is 125 Å². The van der Waals surface area contributed by atoms with Gasteiger partial charge in [0.25, 0.3) is 0 Å². The summed E-state index contributed by atoms with van der Waals surface area (Å²) in [4.78, 5) is 17.8. The van der Waals surface area contributed by atoms with Crippen LogP contribution in [0.3, 0.4) is 0 Å². The van der Waals surface area contributed by atoms with Gasteiger partial charge >= 0.3 is 0 Å². The number of aromatic nitrogens is 3. The molecule has 0 atom stereocenters. The Bertz CT molecular complexity index is 466. The SMILES string of the molecule is CN(CC1CCCC1)c1nc(NN)nc(N2CCCC2)n1. The van der Waals surface area contributed by atoms with Gasteiger partial charge in [0.1, 0.15) is 0 Å². The average Bonchev–Trinajstić information content (AvgIpc) is 3.20. The zero-order chi connectivity index (χ0) is 14.7. The molecule has 0 spiro atoms. The number of hydrazine groups is 1. The predicted molar refractivity (Wildman–Crippen MR) is 84.3 cm³/mol. The monoisotopic (exact) mass is 291 g/mol. The van der Waals surface area contributed by atoms with Crippen LogP contribution in [0.1, 0.15) is 38.5 Å². The number of nitrogens with one attached hydrogen (secondary N) is 1. The summed E-state index contributed by atoms with van der Waals surface area (Å²) < 4.78 is 0. The molecule has 2 aliphatic rings. The molecule has 1 aromatic heterocycles. The molecule has 7 heteroatoms. The first-order valence-corrected chi connectivity index (χ1v) is 7.95. The van der Waals surface area contributed by atoms with E-state index in [1.54, 1.807) is 0 Å². The van der Waals surface area contributed by atoms with Gasteiger partial charge in [-0.2, -0.15) is 15.0 Å². The zero-order valence-electron chi connectivity index (χ0n) is 12.8. The van der Waals surface area contributed by atoms with Crippen LogP contribution in [0.25, 0.3) is 0 Å². The van der Waals surface area contributed by atoms with Gasteiger partial charge in [-0.3, -0.25) is 5.43 Å². The second-order valence-corrected chi connectivity index (χ2v) is 6.13. The highest BCUT2D eigenvalue weighted by Gasteiger charge is 2.21. The largest absolute Gasteiger partial charge is 0.343 e. The van der Waals surface area contributed by atoms with Crippen LogP contribution in [0, 0.1) is 5.92 Å². The van der Waals surface area contributed by atoms with Crippen LogP contribution in [-0.4, -0.2) is 41.6 Å². The first-order chi connectivity index (χ1) is 10.3. The molecular formula is C14H25N7. The second-order valence-electron chi connectivity index (χ2n) is 6.13. The van der Waals surface area contributed by atoms with Crippen molar-refractivity contribution in [1.82, 2.24) is 15.0 Å². The fraction of sp³-hybridized carbons (Fsp3) is 0.786. The molecule has 1 aliphatic heterocycles. The van der Waals surface area contributed by atoms with Gasteiger partial charge in [-0.1, -0.05) is 12.8 Å². The zero-order valence-corrected chi connectivity index (χ0v) is 12.8. The molecule has 0 radical (unpaired) electrons. The number of nitrogen functional groups attached to an aromatic ring is 1. The molecule has 3 rings (SSSR count). The summed E-state index contributed by atoms with van der Waals surface area (Å²) in [5.74, 6) is 8.17. The quantitative estimate of drug-likeness (QED) is 0.626. The van der Waals surface area contributed by atoms with E-state index in [-0.39, 0.29) is 0 Å². The molecule has 7 nitrogen and oxygen atoms in total. The highest BCUT2D eigenvalue weighted by Crippen LogP contribution is 2.27. The fourth-order valence-electron chi connectivity index (χ4n) is 3.31. The van der Waals surface area contributed by atoms with Crippen LogP contribution in [0.5, 0.6) is 0 Å². The summed E-state index contributed by atoms with van der Waals surface area (Å²) in [6.45, 7) is 3.03. The van der Waals surface area contributed by atoms with Crippen LogP contribution < -0.4 is 21.1 Å². The lowest BCUT2D eigenvalue weighted by Gasteiger charge is -2.23. The molecule has 0 amide bonds. The highest BCUT2D eigenvalue weighted by atomic mass is 15.4. The summed E-state index contributed by atoms with van der Waals surface area (Å²) in [5.41, 5.74) is 2.56. The van der Waals surface area contributed by atoms with Crippen LogP contribution in [0.4, 0.5) is 17.8 Å². The van der Waals surface area contributed by atoms with Crippen LogP contribution in [-0.2, 0) is 0 Å². The summed E-state index contributed by atoms with van der Waals surface area (Å²) in [6.07, 6.45) is 7.73. The number of rotatable bonds is 5. The van der Waals surface area contributed by atoms with Gasteiger partial charge in [-0.05, 0) is 31.6 Å². The van der Waals surface area contributed by atoms with Gasteiger partial charge in [0, 0.05) is 26.7 Å². The Balaban J connectivity index is 1.77. The third-order valence-electron chi connectivity index (χ3n) is 4.48. The third kappa shape index (κ3) is 3.34. The van der Waals surface area contributed by atoms with E-state index in [4.69, 9.17) is 5.84 Å². The Morgan fingerprint density at radius 3 is 2.52 bits per heavy atom. The van der Waals surface area contributed by atoms with Crippen molar-refractivity contribution in [2.45, 2.75) is 38.5 Å². The lowest BCUT2D eigenvalue weighted by Crippen LogP contribution is -2.29. The maximum Gasteiger partial charge on any atom is 0.243 e. The Morgan fingerprint density at radius 2 is 1.86 bits per heavy atom. The van der Waals surface area contributed by atoms with E-state index < -0.39 is 0 Å². The number of anilines is 3. The van der Waals surface area contributed by atoms with Gasteiger partial charge in [0.2, 0.25) is 17.8 Å². The molecule has 1 saturated heterocycles. The van der Waals surface area contributed by atoms with Crippen molar-refractivity contribution in [2.24, 2.45) is 11.8 Å². The average molecular weight is 291 g/mol.